The largest absolute Gasteiger partial charge is 0.355 e. The molecule has 0 fully saturated rings. The quantitative estimate of drug-likeness (QED) is 0.531. The fourth-order valence-corrected chi connectivity index (χ4v) is 3.46. The number of rotatable bonds is 8. The number of halogens is 1. The molecule has 3 aromatic carbocycles. The van der Waals surface area contributed by atoms with Gasteiger partial charge in [-0.1, -0.05) is 91.3 Å². The molecule has 0 unspecified atom stereocenters. The van der Waals surface area contributed by atoms with Gasteiger partial charge < -0.3 is 10.6 Å². The molecule has 2 amide bonds. The van der Waals surface area contributed by atoms with Crippen LogP contribution in [0.15, 0.2) is 84.9 Å². The Morgan fingerprint density at radius 3 is 2.03 bits per heavy atom. The minimum Gasteiger partial charge on any atom is -0.355 e. The van der Waals surface area contributed by atoms with Crippen LogP contribution in [0.5, 0.6) is 0 Å². The molecule has 5 heteroatoms. The Morgan fingerprint density at radius 1 is 0.833 bits per heavy atom. The zero-order valence-corrected chi connectivity index (χ0v) is 17.6. The molecule has 0 radical (unpaired) electrons. The molecule has 0 aromatic heterocycles. The Balaban J connectivity index is 1.66. The zero-order valence-electron chi connectivity index (χ0n) is 16.8. The van der Waals surface area contributed by atoms with Crippen molar-refractivity contribution < 1.29 is 9.59 Å². The van der Waals surface area contributed by atoms with Gasteiger partial charge in [-0.15, -0.1) is 0 Å². The number of carbonyl (C=O) groups is 2. The lowest BCUT2D eigenvalue weighted by Crippen LogP contribution is -2.35. The van der Waals surface area contributed by atoms with Crippen molar-refractivity contribution in [2.75, 3.05) is 6.54 Å². The Hall–Kier alpha value is -3.11. The summed E-state index contributed by atoms with van der Waals surface area (Å²) in [5, 5.41) is 6.32. The van der Waals surface area contributed by atoms with Gasteiger partial charge in [-0.3, -0.25) is 9.59 Å². The lowest BCUT2D eigenvalue weighted by atomic mass is 10.0. The molecule has 3 aromatic rings. The van der Waals surface area contributed by atoms with Crippen molar-refractivity contribution in [3.8, 4) is 0 Å². The van der Waals surface area contributed by atoms with Crippen molar-refractivity contribution in [1.82, 2.24) is 10.6 Å². The average Bonchev–Trinajstić information content (AvgIpc) is 2.78. The lowest BCUT2D eigenvalue weighted by molar-refractivity contribution is -0.121. The van der Waals surface area contributed by atoms with Gasteiger partial charge in [0.2, 0.25) is 5.91 Å². The van der Waals surface area contributed by atoms with Crippen molar-refractivity contribution in [3.05, 3.63) is 107 Å². The van der Waals surface area contributed by atoms with Crippen LogP contribution in [0.1, 0.15) is 46.8 Å². The Labute approximate surface area is 182 Å². The van der Waals surface area contributed by atoms with Crippen molar-refractivity contribution in [2.24, 2.45) is 0 Å². The summed E-state index contributed by atoms with van der Waals surface area (Å²) in [6.07, 6.45) is 0.141. The second-order valence-electron chi connectivity index (χ2n) is 7.24. The third-order valence-electron chi connectivity index (χ3n) is 4.99. The predicted molar refractivity (Wildman–Crippen MR) is 121 cm³/mol. The normalized spacial score (nSPS) is 12.6. The van der Waals surface area contributed by atoms with E-state index in [2.05, 4.69) is 17.6 Å². The van der Waals surface area contributed by atoms with Gasteiger partial charge in [0.05, 0.1) is 23.0 Å². The summed E-state index contributed by atoms with van der Waals surface area (Å²) in [7, 11) is 0. The third kappa shape index (κ3) is 5.94. The lowest BCUT2D eigenvalue weighted by Gasteiger charge is -2.20. The monoisotopic (exact) mass is 420 g/mol. The van der Waals surface area contributed by atoms with Crippen molar-refractivity contribution in [1.29, 1.82) is 0 Å². The first kappa shape index (κ1) is 21.6. The summed E-state index contributed by atoms with van der Waals surface area (Å²) in [5.41, 5.74) is 2.42. The van der Waals surface area contributed by atoms with E-state index in [-0.39, 0.29) is 24.2 Å². The van der Waals surface area contributed by atoms with Gasteiger partial charge in [0.1, 0.15) is 0 Å². The molecule has 0 aliphatic rings. The minimum atomic E-state index is -0.456. The van der Waals surface area contributed by atoms with E-state index in [1.54, 1.807) is 24.3 Å². The molecule has 4 nitrogen and oxygen atoms in total. The molecule has 0 spiro atoms. The molecule has 0 heterocycles. The number of amides is 2. The van der Waals surface area contributed by atoms with Crippen LogP contribution in [0.3, 0.4) is 0 Å². The maximum Gasteiger partial charge on any atom is 0.253 e. The second-order valence-corrected chi connectivity index (χ2v) is 7.64. The van der Waals surface area contributed by atoms with Crippen LogP contribution in [0.25, 0.3) is 0 Å². The molecule has 2 N–H and O–H groups in total. The number of nitrogens with one attached hydrogen (secondary N) is 2. The Bertz CT molecular complexity index is 977. The van der Waals surface area contributed by atoms with Crippen molar-refractivity contribution >= 4 is 23.4 Å². The standard InChI is InChI=1S/C25H25ClN2O2/c1-18(19-10-4-2-5-11-19)17-27-24(29)16-23(20-12-6-3-7-13-20)28-25(30)21-14-8-9-15-22(21)26/h2-15,18,23H,16-17H2,1H3,(H,27,29)(H,28,30)/t18-,23-/m0/s1. The summed E-state index contributed by atoms with van der Waals surface area (Å²) >= 11 is 6.16. The smallest absolute Gasteiger partial charge is 0.253 e. The molecule has 3 rings (SSSR count). The molecule has 0 aliphatic heterocycles. The van der Waals surface area contributed by atoms with Gasteiger partial charge in [-0.25, -0.2) is 0 Å². The predicted octanol–water partition coefficient (Wildman–Crippen LogP) is 5.12. The molecule has 2 atom stereocenters. The van der Waals surface area contributed by atoms with Crippen molar-refractivity contribution in [3.63, 3.8) is 0 Å². The number of hydrogen-bond acceptors (Lipinski definition) is 2. The van der Waals surface area contributed by atoms with Crippen LogP contribution < -0.4 is 10.6 Å². The van der Waals surface area contributed by atoms with E-state index in [0.717, 1.165) is 5.56 Å². The van der Waals surface area contributed by atoms with Crippen LogP contribution in [-0.4, -0.2) is 18.4 Å². The molecule has 30 heavy (non-hydrogen) atoms. The van der Waals surface area contributed by atoms with Crippen LogP contribution in [-0.2, 0) is 4.79 Å². The minimum absolute atomic E-state index is 0.119. The van der Waals surface area contributed by atoms with Crippen LogP contribution >= 0.6 is 11.6 Å². The van der Waals surface area contributed by atoms with Gasteiger partial charge >= 0.3 is 0 Å². The topological polar surface area (TPSA) is 58.2 Å². The number of benzene rings is 3. The molecule has 0 saturated carbocycles. The summed E-state index contributed by atoms with van der Waals surface area (Å²) in [6, 6.07) is 25.9. The molecule has 0 aliphatic carbocycles. The van der Waals surface area contributed by atoms with E-state index < -0.39 is 6.04 Å². The van der Waals surface area contributed by atoms with Gasteiger partial charge in [-0.05, 0) is 29.2 Å². The first-order chi connectivity index (χ1) is 14.5. The molecular weight excluding hydrogens is 396 g/mol. The number of hydrogen-bond donors (Lipinski definition) is 2. The maximum absolute atomic E-state index is 12.8. The molecule has 0 bridgehead atoms. The zero-order chi connectivity index (χ0) is 21.3. The van der Waals surface area contributed by atoms with Gasteiger partial charge in [0.15, 0.2) is 0 Å². The summed E-state index contributed by atoms with van der Waals surface area (Å²) < 4.78 is 0. The fourth-order valence-electron chi connectivity index (χ4n) is 3.24. The highest BCUT2D eigenvalue weighted by atomic mass is 35.5. The summed E-state index contributed by atoms with van der Waals surface area (Å²) in [5.74, 6) is -0.228. The second kappa shape index (κ2) is 10.6. The average molecular weight is 421 g/mol. The van der Waals surface area contributed by atoms with Gasteiger partial charge in [-0.2, -0.15) is 0 Å². The van der Waals surface area contributed by atoms with Crippen LogP contribution in [0.2, 0.25) is 5.02 Å². The third-order valence-corrected chi connectivity index (χ3v) is 5.32. The Kier molecular flexibility index (Phi) is 7.63. The maximum atomic E-state index is 12.8. The highest BCUT2D eigenvalue weighted by Gasteiger charge is 2.20. The van der Waals surface area contributed by atoms with E-state index in [1.807, 2.05) is 60.7 Å². The van der Waals surface area contributed by atoms with Crippen LogP contribution in [0.4, 0.5) is 0 Å². The van der Waals surface area contributed by atoms with E-state index >= 15 is 0 Å². The van der Waals surface area contributed by atoms with Crippen LogP contribution in [0, 0.1) is 0 Å². The Morgan fingerprint density at radius 2 is 1.40 bits per heavy atom. The number of carbonyl (C=O) groups excluding carboxylic acids is 2. The van der Waals surface area contributed by atoms with E-state index in [0.29, 0.717) is 17.1 Å². The fraction of sp³-hybridized carbons (Fsp3) is 0.200. The summed E-state index contributed by atoms with van der Waals surface area (Å²) in [4.78, 5) is 25.4. The molecule has 0 saturated heterocycles. The van der Waals surface area contributed by atoms with E-state index in [4.69, 9.17) is 11.6 Å². The first-order valence-electron chi connectivity index (χ1n) is 9.96. The highest BCUT2D eigenvalue weighted by molar-refractivity contribution is 6.33. The van der Waals surface area contributed by atoms with Gasteiger partial charge in [0, 0.05) is 6.54 Å². The summed E-state index contributed by atoms with van der Waals surface area (Å²) in [6.45, 7) is 2.60. The molecule has 154 valence electrons. The van der Waals surface area contributed by atoms with Crippen molar-refractivity contribution in [2.45, 2.75) is 25.3 Å². The molecular formula is C25H25ClN2O2. The van der Waals surface area contributed by atoms with E-state index in [9.17, 15) is 9.59 Å². The SMILES string of the molecule is C[C@@H](CNC(=O)C[C@H](NC(=O)c1ccccc1Cl)c1ccccc1)c1ccccc1. The van der Waals surface area contributed by atoms with Gasteiger partial charge in [0.25, 0.3) is 5.91 Å². The highest BCUT2D eigenvalue weighted by Crippen LogP contribution is 2.20. The first-order valence-corrected chi connectivity index (χ1v) is 10.3. The van der Waals surface area contributed by atoms with E-state index in [1.165, 1.54) is 5.56 Å².